The van der Waals surface area contributed by atoms with Crippen LogP contribution in [0.15, 0.2) is 36.9 Å². The summed E-state index contributed by atoms with van der Waals surface area (Å²) in [6.07, 6.45) is 6.00. The first-order valence-electron chi connectivity index (χ1n) is 5.78. The van der Waals surface area contributed by atoms with Crippen LogP contribution in [0.25, 0.3) is 0 Å². The molecule has 1 aromatic carbocycles. The van der Waals surface area contributed by atoms with E-state index in [4.69, 9.17) is 9.84 Å². The molecule has 0 aliphatic carbocycles. The predicted molar refractivity (Wildman–Crippen MR) is 65.7 cm³/mol. The molecular weight excluding hydrogens is 251 g/mol. The molecule has 0 spiro atoms. The summed E-state index contributed by atoms with van der Waals surface area (Å²) in [5.41, 5.74) is -0.356. The molecule has 0 aliphatic rings. The van der Waals surface area contributed by atoms with Gasteiger partial charge < -0.3 is 14.4 Å². The topological polar surface area (TPSA) is 64.3 Å². The molecule has 0 unspecified atom stereocenters. The highest BCUT2D eigenvalue weighted by molar-refractivity contribution is 5.88. The molecule has 2 rings (SSSR count). The van der Waals surface area contributed by atoms with Crippen molar-refractivity contribution in [2.24, 2.45) is 0 Å². The van der Waals surface area contributed by atoms with E-state index in [9.17, 15) is 9.18 Å². The van der Waals surface area contributed by atoms with Crippen molar-refractivity contribution in [1.82, 2.24) is 9.55 Å². The summed E-state index contributed by atoms with van der Waals surface area (Å²) in [7, 11) is 0. The van der Waals surface area contributed by atoms with E-state index in [0.29, 0.717) is 12.4 Å². The monoisotopic (exact) mass is 264 g/mol. The number of halogens is 1. The Balaban J connectivity index is 1.83. The van der Waals surface area contributed by atoms with Crippen LogP contribution < -0.4 is 4.74 Å². The summed E-state index contributed by atoms with van der Waals surface area (Å²) in [4.78, 5) is 14.5. The molecule has 0 atom stereocenters. The molecule has 0 amide bonds. The second-order valence-electron chi connectivity index (χ2n) is 3.95. The summed E-state index contributed by atoms with van der Waals surface area (Å²) >= 11 is 0. The van der Waals surface area contributed by atoms with Crippen LogP contribution >= 0.6 is 0 Å². The fourth-order valence-corrected chi connectivity index (χ4v) is 1.62. The molecule has 0 bridgehead atoms. The van der Waals surface area contributed by atoms with E-state index in [1.807, 2.05) is 10.8 Å². The summed E-state index contributed by atoms with van der Waals surface area (Å²) in [5, 5.41) is 8.69. The number of aromatic nitrogens is 2. The molecule has 100 valence electrons. The van der Waals surface area contributed by atoms with Gasteiger partial charge in [-0.3, -0.25) is 0 Å². The van der Waals surface area contributed by atoms with Gasteiger partial charge >= 0.3 is 5.97 Å². The molecule has 0 saturated carbocycles. The van der Waals surface area contributed by atoms with Crippen molar-refractivity contribution in [2.45, 2.75) is 13.0 Å². The number of rotatable bonds is 6. The van der Waals surface area contributed by atoms with E-state index in [-0.39, 0.29) is 5.56 Å². The molecule has 5 nitrogen and oxygen atoms in total. The van der Waals surface area contributed by atoms with E-state index in [0.717, 1.165) is 19.0 Å². The number of carboxylic acids is 1. The molecule has 0 aliphatic heterocycles. The van der Waals surface area contributed by atoms with Crippen molar-refractivity contribution in [1.29, 1.82) is 0 Å². The maximum absolute atomic E-state index is 13.4. The number of carboxylic acid groups (broad SMARTS) is 1. The summed E-state index contributed by atoms with van der Waals surface area (Å²) in [6, 6.07) is 3.73. The lowest BCUT2D eigenvalue weighted by Crippen LogP contribution is -2.04. The average Bonchev–Trinajstić information content (AvgIpc) is 2.87. The Morgan fingerprint density at radius 2 is 2.32 bits per heavy atom. The van der Waals surface area contributed by atoms with Gasteiger partial charge in [0.1, 0.15) is 11.6 Å². The van der Waals surface area contributed by atoms with Crippen LogP contribution in [0.4, 0.5) is 4.39 Å². The molecule has 0 fully saturated rings. The third-order valence-electron chi connectivity index (χ3n) is 2.56. The SMILES string of the molecule is O=C(O)c1ccc(OCCCn2ccnc2)cc1F. The van der Waals surface area contributed by atoms with Gasteiger partial charge in [0.15, 0.2) is 0 Å². The highest BCUT2D eigenvalue weighted by Gasteiger charge is 2.10. The largest absolute Gasteiger partial charge is 0.493 e. The van der Waals surface area contributed by atoms with E-state index >= 15 is 0 Å². The first-order chi connectivity index (χ1) is 9.16. The summed E-state index contributed by atoms with van der Waals surface area (Å²) in [6.45, 7) is 1.18. The van der Waals surface area contributed by atoms with E-state index in [2.05, 4.69) is 4.98 Å². The van der Waals surface area contributed by atoms with Crippen LogP contribution in [0.5, 0.6) is 5.75 Å². The van der Waals surface area contributed by atoms with E-state index in [1.165, 1.54) is 12.1 Å². The Hall–Kier alpha value is -2.37. The van der Waals surface area contributed by atoms with Crippen molar-refractivity contribution in [3.05, 3.63) is 48.3 Å². The van der Waals surface area contributed by atoms with Gasteiger partial charge in [0.25, 0.3) is 0 Å². The minimum absolute atomic E-state index is 0.327. The molecule has 6 heteroatoms. The number of benzene rings is 1. The Bertz CT molecular complexity index is 555. The van der Waals surface area contributed by atoms with Crippen molar-refractivity contribution in [3.8, 4) is 5.75 Å². The average molecular weight is 264 g/mol. The first kappa shape index (κ1) is 13.1. The molecule has 2 aromatic rings. The molecule has 1 aromatic heterocycles. The number of ether oxygens (including phenoxy) is 1. The fraction of sp³-hybridized carbons (Fsp3) is 0.231. The Morgan fingerprint density at radius 1 is 1.47 bits per heavy atom. The number of aromatic carboxylic acids is 1. The maximum Gasteiger partial charge on any atom is 0.338 e. The van der Waals surface area contributed by atoms with Crippen molar-refractivity contribution in [2.75, 3.05) is 6.61 Å². The number of carbonyl (C=O) groups is 1. The first-order valence-corrected chi connectivity index (χ1v) is 5.78. The lowest BCUT2D eigenvalue weighted by Gasteiger charge is -2.07. The van der Waals surface area contributed by atoms with Gasteiger partial charge in [-0.1, -0.05) is 0 Å². The minimum Gasteiger partial charge on any atom is -0.493 e. The maximum atomic E-state index is 13.4. The van der Waals surface area contributed by atoms with Gasteiger partial charge in [0, 0.05) is 25.0 Å². The van der Waals surface area contributed by atoms with Crippen LogP contribution in [-0.2, 0) is 6.54 Å². The minimum atomic E-state index is -1.29. The number of imidazole rings is 1. The number of hydrogen-bond acceptors (Lipinski definition) is 3. The molecular formula is C13H13FN2O3. The van der Waals surface area contributed by atoms with Crippen LogP contribution in [0.1, 0.15) is 16.8 Å². The molecule has 19 heavy (non-hydrogen) atoms. The third-order valence-corrected chi connectivity index (χ3v) is 2.56. The zero-order valence-corrected chi connectivity index (χ0v) is 10.1. The van der Waals surface area contributed by atoms with Gasteiger partial charge in [0.2, 0.25) is 0 Å². The zero-order chi connectivity index (χ0) is 13.7. The van der Waals surface area contributed by atoms with E-state index in [1.54, 1.807) is 12.5 Å². The zero-order valence-electron chi connectivity index (χ0n) is 10.1. The number of nitrogens with zero attached hydrogens (tertiary/aromatic N) is 2. The lowest BCUT2D eigenvalue weighted by molar-refractivity contribution is 0.0692. The van der Waals surface area contributed by atoms with Crippen LogP contribution in [0, 0.1) is 5.82 Å². The van der Waals surface area contributed by atoms with Crippen molar-refractivity contribution >= 4 is 5.97 Å². The van der Waals surface area contributed by atoms with Crippen LogP contribution in [-0.4, -0.2) is 27.2 Å². The third kappa shape index (κ3) is 3.54. The second kappa shape index (κ2) is 5.99. The fourth-order valence-electron chi connectivity index (χ4n) is 1.62. The summed E-state index contributed by atoms with van der Waals surface area (Å²) < 4.78 is 20.6. The van der Waals surface area contributed by atoms with E-state index < -0.39 is 11.8 Å². The molecule has 0 saturated heterocycles. The second-order valence-corrected chi connectivity index (χ2v) is 3.95. The lowest BCUT2D eigenvalue weighted by atomic mass is 10.2. The normalized spacial score (nSPS) is 10.4. The Labute approximate surface area is 109 Å². The Morgan fingerprint density at radius 3 is 2.95 bits per heavy atom. The smallest absolute Gasteiger partial charge is 0.338 e. The predicted octanol–water partition coefficient (Wildman–Crippen LogP) is 2.19. The van der Waals surface area contributed by atoms with Gasteiger partial charge in [-0.15, -0.1) is 0 Å². The van der Waals surface area contributed by atoms with Gasteiger partial charge in [0.05, 0.1) is 18.5 Å². The quantitative estimate of drug-likeness (QED) is 0.812. The Kier molecular flexibility index (Phi) is 4.12. The number of aryl methyl sites for hydroxylation is 1. The highest BCUT2D eigenvalue weighted by atomic mass is 19.1. The molecule has 1 N–H and O–H groups in total. The van der Waals surface area contributed by atoms with Gasteiger partial charge in [-0.25, -0.2) is 14.2 Å². The van der Waals surface area contributed by atoms with Crippen molar-refractivity contribution in [3.63, 3.8) is 0 Å². The number of hydrogen-bond donors (Lipinski definition) is 1. The van der Waals surface area contributed by atoms with Gasteiger partial charge in [-0.2, -0.15) is 0 Å². The van der Waals surface area contributed by atoms with Crippen molar-refractivity contribution < 1.29 is 19.0 Å². The van der Waals surface area contributed by atoms with Gasteiger partial charge in [-0.05, 0) is 18.6 Å². The molecule has 0 radical (unpaired) electrons. The summed E-state index contributed by atoms with van der Waals surface area (Å²) in [5.74, 6) is -1.75. The molecule has 1 heterocycles. The standard InChI is InChI=1S/C13H13FN2O3/c14-12-8-10(2-3-11(12)13(17)18)19-7-1-5-16-6-4-15-9-16/h2-4,6,8-9H,1,5,7H2,(H,17,18). The van der Waals surface area contributed by atoms with Crippen LogP contribution in [0.3, 0.4) is 0 Å². The highest BCUT2D eigenvalue weighted by Crippen LogP contribution is 2.16. The van der Waals surface area contributed by atoms with Crippen LogP contribution in [0.2, 0.25) is 0 Å².